The summed E-state index contributed by atoms with van der Waals surface area (Å²) < 4.78 is 7.80. The van der Waals surface area contributed by atoms with Crippen LogP contribution in [0.1, 0.15) is 45.3 Å². The maximum absolute atomic E-state index is 5.54. The normalized spacial score (nSPS) is 21.7. The zero-order valence-electron chi connectivity index (χ0n) is 11.1. The zero-order valence-corrected chi connectivity index (χ0v) is 11.1. The molecule has 1 atom stereocenters. The van der Waals surface area contributed by atoms with Crippen LogP contribution in [0, 0.1) is 0 Å². The second kappa shape index (κ2) is 5.19. The largest absolute Gasteiger partial charge is 0.379 e. The fourth-order valence-electron chi connectivity index (χ4n) is 2.10. The van der Waals surface area contributed by atoms with Gasteiger partial charge < -0.3 is 14.6 Å². The molecule has 0 aromatic carbocycles. The third-order valence-electron chi connectivity index (χ3n) is 3.08. The van der Waals surface area contributed by atoms with Crippen molar-refractivity contribution in [2.45, 2.75) is 51.7 Å². The SMILES string of the molecule is CC(C)(C)NCc1cncn1C1CCCOC1. The van der Waals surface area contributed by atoms with Gasteiger partial charge in [0, 0.05) is 24.9 Å². The lowest BCUT2D eigenvalue weighted by molar-refractivity contribution is 0.0581. The summed E-state index contributed by atoms with van der Waals surface area (Å²) in [7, 11) is 0. The van der Waals surface area contributed by atoms with E-state index in [-0.39, 0.29) is 5.54 Å². The summed E-state index contributed by atoms with van der Waals surface area (Å²) in [4.78, 5) is 4.27. The van der Waals surface area contributed by atoms with Crippen molar-refractivity contribution < 1.29 is 4.74 Å². The van der Waals surface area contributed by atoms with Crippen molar-refractivity contribution in [2.24, 2.45) is 0 Å². The van der Waals surface area contributed by atoms with E-state index in [0.717, 1.165) is 26.2 Å². The minimum Gasteiger partial charge on any atom is -0.379 e. The first kappa shape index (κ1) is 12.6. The van der Waals surface area contributed by atoms with E-state index >= 15 is 0 Å². The molecular formula is C13H23N3O. The standard InChI is InChI=1S/C13H23N3O/c1-13(2,3)15-8-12-7-14-10-16(12)11-5-4-6-17-9-11/h7,10-11,15H,4-6,8-9H2,1-3H3. The van der Waals surface area contributed by atoms with Gasteiger partial charge >= 0.3 is 0 Å². The van der Waals surface area contributed by atoms with Crippen molar-refractivity contribution in [3.05, 3.63) is 18.2 Å². The van der Waals surface area contributed by atoms with E-state index in [4.69, 9.17) is 4.74 Å². The van der Waals surface area contributed by atoms with Crippen LogP contribution in [0.25, 0.3) is 0 Å². The van der Waals surface area contributed by atoms with E-state index in [1.54, 1.807) is 0 Å². The van der Waals surface area contributed by atoms with Crippen molar-refractivity contribution in [3.8, 4) is 0 Å². The monoisotopic (exact) mass is 237 g/mol. The number of nitrogens with one attached hydrogen (secondary N) is 1. The minimum atomic E-state index is 0.137. The average Bonchev–Trinajstić information content (AvgIpc) is 2.75. The highest BCUT2D eigenvalue weighted by molar-refractivity contribution is 5.01. The van der Waals surface area contributed by atoms with Crippen molar-refractivity contribution in [2.75, 3.05) is 13.2 Å². The van der Waals surface area contributed by atoms with Crippen LogP contribution >= 0.6 is 0 Å². The van der Waals surface area contributed by atoms with Gasteiger partial charge in [-0.25, -0.2) is 4.98 Å². The van der Waals surface area contributed by atoms with Crippen molar-refractivity contribution in [3.63, 3.8) is 0 Å². The summed E-state index contributed by atoms with van der Waals surface area (Å²) in [5, 5.41) is 3.50. The summed E-state index contributed by atoms with van der Waals surface area (Å²) >= 11 is 0. The molecule has 0 amide bonds. The maximum Gasteiger partial charge on any atom is 0.0952 e. The number of hydrogen-bond acceptors (Lipinski definition) is 3. The summed E-state index contributed by atoms with van der Waals surface area (Å²) in [6.07, 6.45) is 6.22. The lowest BCUT2D eigenvalue weighted by atomic mass is 10.1. The number of imidazole rings is 1. The van der Waals surface area contributed by atoms with Gasteiger partial charge in [0.1, 0.15) is 0 Å². The summed E-state index contributed by atoms with van der Waals surface area (Å²) in [5.74, 6) is 0. The Morgan fingerprint density at radius 2 is 2.35 bits per heavy atom. The van der Waals surface area contributed by atoms with E-state index < -0.39 is 0 Å². The number of hydrogen-bond donors (Lipinski definition) is 1. The molecule has 1 N–H and O–H groups in total. The zero-order chi connectivity index (χ0) is 12.3. The van der Waals surface area contributed by atoms with Gasteiger partial charge in [0.2, 0.25) is 0 Å². The van der Waals surface area contributed by atoms with Crippen LogP contribution < -0.4 is 5.32 Å². The molecule has 1 saturated heterocycles. The van der Waals surface area contributed by atoms with Crippen molar-refractivity contribution in [1.82, 2.24) is 14.9 Å². The predicted molar refractivity (Wildman–Crippen MR) is 67.9 cm³/mol. The lowest BCUT2D eigenvalue weighted by Gasteiger charge is -2.26. The Bertz CT molecular complexity index is 348. The second-order valence-corrected chi connectivity index (χ2v) is 5.77. The lowest BCUT2D eigenvalue weighted by Crippen LogP contribution is -2.36. The molecule has 1 aromatic heterocycles. The molecule has 0 aliphatic carbocycles. The Kier molecular flexibility index (Phi) is 3.84. The van der Waals surface area contributed by atoms with Gasteiger partial charge in [-0.3, -0.25) is 0 Å². The molecule has 0 radical (unpaired) electrons. The first-order valence-electron chi connectivity index (χ1n) is 6.40. The van der Waals surface area contributed by atoms with E-state index in [1.807, 2.05) is 12.5 Å². The Morgan fingerprint density at radius 1 is 1.53 bits per heavy atom. The van der Waals surface area contributed by atoms with Gasteiger partial charge in [-0.1, -0.05) is 0 Å². The Morgan fingerprint density at radius 3 is 3.00 bits per heavy atom. The molecule has 4 nitrogen and oxygen atoms in total. The molecule has 1 aromatic rings. The van der Waals surface area contributed by atoms with Crippen molar-refractivity contribution in [1.29, 1.82) is 0 Å². The number of nitrogens with zero attached hydrogens (tertiary/aromatic N) is 2. The molecule has 1 aliphatic rings. The van der Waals surface area contributed by atoms with Crippen LogP contribution in [-0.2, 0) is 11.3 Å². The third-order valence-corrected chi connectivity index (χ3v) is 3.08. The van der Waals surface area contributed by atoms with Gasteiger partial charge in [-0.05, 0) is 33.6 Å². The highest BCUT2D eigenvalue weighted by Gasteiger charge is 2.18. The van der Waals surface area contributed by atoms with E-state index in [2.05, 4.69) is 35.6 Å². The molecule has 0 spiro atoms. The van der Waals surface area contributed by atoms with E-state index in [9.17, 15) is 0 Å². The van der Waals surface area contributed by atoms with Crippen LogP contribution in [0.3, 0.4) is 0 Å². The highest BCUT2D eigenvalue weighted by Crippen LogP contribution is 2.21. The minimum absolute atomic E-state index is 0.137. The Balaban J connectivity index is 2.00. The quantitative estimate of drug-likeness (QED) is 0.875. The third kappa shape index (κ3) is 3.54. The molecule has 17 heavy (non-hydrogen) atoms. The smallest absolute Gasteiger partial charge is 0.0952 e. The van der Waals surface area contributed by atoms with Gasteiger partial charge in [-0.2, -0.15) is 0 Å². The number of rotatable bonds is 3. The molecule has 1 aliphatic heterocycles. The molecule has 2 rings (SSSR count). The van der Waals surface area contributed by atoms with Crippen LogP contribution in [0.4, 0.5) is 0 Å². The fraction of sp³-hybridized carbons (Fsp3) is 0.769. The molecule has 96 valence electrons. The van der Waals surface area contributed by atoms with E-state index in [0.29, 0.717) is 6.04 Å². The Hall–Kier alpha value is -0.870. The molecule has 1 unspecified atom stereocenters. The van der Waals surface area contributed by atoms with E-state index in [1.165, 1.54) is 12.1 Å². The molecule has 4 heteroatoms. The van der Waals surface area contributed by atoms with Crippen LogP contribution in [0.5, 0.6) is 0 Å². The summed E-state index contributed by atoms with van der Waals surface area (Å²) in [6, 6.07) is 0.461. The molecule has 0 bridgehead atoms. The summed E-state index contributed by atoms with van der Waals surface area (Å²) in [5.41, 5.74) is 1.38. The first-order valence-corrected chi connectivity index (χ1v) is 6.40. The number of aromatic nitrogens is 2. The first-order chi connectivity index (χ1) is 8.06. The molecule has 2 heterocycles. The van der Waals surface area contributed by atoms with Gasteiger partial charge in [-0.15, -0.1) is 0 Å². The topological polar surface area (TPSA) is 39.1 Å². The van der Waals surface area contributed by atoms with Gasteiger partial charge in [0.25, 0.3) is 0 Å². The van der Waals surface area contributed by atoms with Gasteiger partial charge in [0.15, 0.2) is 0 Å². The van der Waals surface area contributed by atoms with Crippen LogP contribution in [0.15, 0.2) is 12.5 Å². The molecule has 1 fully saturated rings. The average molecular weight is 237 g/mol. The Labute approximate surface area is 103 Å². The maximum atomic E-state index is 5.54. The molecular weight excluding hydrogens is 214 g/mol. The van der Waals surface area contributed by atoms with Crippen LogP contribution in [-0.4, -0.2) is 28.3 Å². The second-order valence-electron chi connectivity index (χ2n) is 5.77. The van der Waals surface area contributed by atoms with Gasteiger partial charge in [0.05, 0.1) is 24.7 Å². The predicted octanol–water partition coefficient (Wildman–Crippen LogP) is 2.12. The van der Waals surface area contributed by atoms with Crippen LogP contribution in [0.2, 0.25) is 0 Å². The molecule has 0 saturated carbocycles. The summed E-state index contributed by atoms with van der Waals surface area (Å²) in [6.45, 7) is 9.12. The highest BCUT2D eigenvalue weighted by atomic mass is 16.5. The fourth-order valence-corrected chi connectivity index (χ4v) is 2.10. The van der Waals surface area contributed by atoms with Crippen molar-refractivity contribution >= 4 is 0 Å². The number of ether oxygens (including phenoxy) is 1.